The molecule has 6 heteroatoms. The van der Waals surface area contributed by atoms with Gasteiger partial charge < -0.3 is 19.5 Å². The number of anilines is 1. The van der Waals surface area contributed by atoms with E-state index in [4.69, 9.17) is 19.4 Å². The minimum atomic E-state index is 0.00721. The van der Waals surface area contributed by atoms with E-state index >= 15 is 0 Å². The van der Waals surface area contributed by atoms with Crippen molar-refractivity contribution in [3.8, 4) is 17.1 Å². The molecule has 6 nitrogen and oxygen atoms in total. The van der Waals surface area contributed by atoms with Gasteiger partial charge in [-0.15, -0.1) is 0 Å². The Hall–Kier alpha value is -2.70. The Morgan fingerprint density at radius 2 is 2.00 bits per heavy atom. The Labute approximate surface area is 158 Å². The third-order valence-electron chi connectivity index (χ3n) is 4.70. The minimum absolute atomic E-state index is 0.00721. The summed E-state index contributed by atoms with van der Waals surface area (Å²) in [6, 6.07) is 13.3. The molecule has 4 rings (SSSR count). The normalized spacial score (nSPS) is 17.2. The fraction of sp³-hybridized carbons (Fsp3) is 0.333. The maximum Gasteiger partial charge on any atom is 0.165 e. The molecule has 1 fully saturated rings. The lowest BCUT2D eigenvalue weighted by Crippen LogP contribution is -2.38. The van der Waals surface area contributed by atoms with Crippen LogP contribution in [-0.2, 0) is 9.47 Å². The number of likely N-dealkylation sites (N-methyl/N-ethyl adjacent to an activating group) is 1. The first-order chi connectivity index (χ1) is 13.1. The molecule has 1 saturated heterocycles. The molecule has 0 amide bonds. The van der Waals surface area contributed by atoms with Crippen LogP contribution < -0.4 is 4.90 Å². The zero-order chi connectivity index (χ0) is 18.8. The second-order valence-corrected chi connectivity index (χ2v) is 6.86. The average Bonchev–Trinajstić information content (AvgIpc) is 2.68. The number of fused-ring (bicyclic) bond motifs is 1. The monoisotopic (exact) mass is 365 g/mol. The first-order valence-corrected chi connectivity index (χ1v) is 9.09. The van der Waals surface area contributed by atoms with E-state index < -0.39 is 0 Å². The van der Waals surface area contributed by atoms with Crippen LogP contribution in [0.3, 0.4) is 0 Å². The van der Waals surface area contributed by atoms with Gasteiger partial charge in [0.2, 0.25) is 0 Å². The average molecular weight is 365 g/mol. The molecular weight excluding hydrogens is 342 g/mol. The van der Waals surface area contributed by atoms with Crippen molar-refractivity contribution in [3.63, 3.8) is 0 Å². The molecule has 2 aromatic carbocycles. The summed E-state index contributed by atoms with van der Waals surface area (Å²) in [6.07, 6.45) is 0.00721. The van der Waals surface area contributed by atoms with Gasteiger partial charge in [0, 0.05) is 19.0 Å². The Kier molecular flexibility index (Phi) is 4.92. The first kappa shape index (κ1) is 17.7. The summed E-state index contributed by atoms with van der Waals surface area (Å²) in [4.78, 5) is 11.6. The molecule has 0 spiro atoms. The van der Waals surface area contributed by atoms with Crippen LogP contribution >= 0.6 is 0 Å². The van der Waals surface area contributed by atoms with Crippen molar-refractivity contribution in [2.24, 2.45) is 0 Å². The molecule has 0 aliphatic carbocycles. The van der Waals surface area contributed by atoms with Gasteiger partial charge in [0.25, 0.3) is 0 Å². The highest BCUT2D eigenvalue weighted by atomic mass is 16.6. The van der Waals surface area contributed by atoms with Gasteiger partial charge in [0.05, 0.1) is 37.0 Å². The predicted octanol–water partition coefficient (Wildman–Crippen LogP) is 3.16. The summed E-state index contributed by atoms with van der Waals surface area (Å²) in [5.41, 5.74) is 2.60. The summed E-state index contributed by atoms with van der Waals surface area (Å²) < 4.78 is 11.3. The SMILES string of the molecule is Cc1ccc2c(N(C)CC3COCCO3)nc(-c3ccccc3O)nc2c1. The number of aromatic hydroxyl groups is 1. The number of aryl methyl sites for hydroxylation is 1. The van der Waals surface area contributed by atoms with Crippen LogP contribution in [0.15, 0.2) is 42.5 Å². The number of phenolic OH excluding ortho intramolecular Hbond substituents is 1. The van der Waals surface area contributed by atoms with Gasteiger partial charge in [0.1, 0.15) is 11.6 Å². The topological polar surface area (TPSA) is 67.7 Å². The van der Waals surface area contributed by atoms with Gasteiger partial charge >= 0.3 is 0 Å². The zero-order valence-corrected chi connectivity index (χ0v) is 15.6. The molecule has 27 heavy (non-hydrogen) atoms. The van der Waals surface area contributed by atoms with E-state index in [1.54, 1.807) is 12.1 Å². The number of rotatable bonds is 4. The Morgan fingerprint density at radius 1 is 1.15 bits per heavy atom. The molecule has 0 saturated carbocycles. The summed E-state index contributed by atoms with van der Waals surface area (Å²) in [6.45, 7) is 4.55. The van der Waals surface area contributed by atoms with Crippen molar-refractivity contribution in [3.05, 3.63) is 48.0 Å². The van der Waals surface area contributed by atoms with Crippen LogP contribution in [0.25, 0.3) is 22.3 Å². The number of hydrogen-bond acceptors (Lipinski definition) is 6. The molecule has 0 bridgehead atoms. The lowest BCUT2D eigenvalue weighted by Gasteiger charge is -2.28. The number of benzene rings is 2. The van der Waals surface area contributed by atoms with Crippen molar-refractivity contribution in [1.82, 2.24) is 9.97 Å². The highest BCUT2D eigenvalue weighted by molar-refractivity contribution is 5.91. The summed E-state index contributed by atoms with van der Waals surface area (Å²) in [7, 11) is 1.99. The van der Waals surface area contributed by atoms with Crippen LogP contribution in [0.4, 0.5) is 5.82 Å². The number of ether oxygens (including phenoxy) is 2. The van der Waals surface area contributed by atoms with Crippen LogP contribution in [0, 0.1) is 6.92 Å². The molecule has 1 unspecified atom stereocenters. The molecule has 1 atom stereocenters. The molecular formula is C21H23N3O3. The fourth-order valence-electron chi connectivity index (χ4n) is 3.33. The number of phenols is 1. The summed E-state index contributed by atoms with van der Waals surface area (Å²) in [5.74, 6) is 1.49. The van der Waals surface area contributed by atoms with Crippen molar-refractivity contribution in [2.75, 3.05) is 38.3 Å². The molecule has 1 aromatic heterocycles. The van der Waals surface area contributed by atoms with Gasteiger partial charge in [-0.1, -0.05) is 18.2 Å². The number of aromatic nitrogens is 2. The van der Waals surface area contributed by atoms with Crippen LogP contribution in [-0.4, -0.2) is 54.6 Å². The van der Waals surface area contributed by atoms with Crippen molar-refractivity contribution >= 4 is 16.7 Å². The molecule has 1 aliphatic heterocycles. The van der Waals surface area contributed by atoms with Gasteiger partial charge in [-0.05, 0) is 36.8 Å². The van der Waals surface area contributed by atoms with Crippen LogP contribution in [0.5, 0.6) is 5.75 Å². The van der Waals surface area contributed by atoms with Crippen molar-refractivity contribution < 1.29 is 14.6 Å². The molecule has 1 N–H and O–H groups in total. The quantitative estimate of drug-likeness (QED) is 0.766. The van der Waals surface area contributed by atoms with E-state index in [0.29, 0.717) is 37.8 Å². The number of para-hydroxylation sites is 1. The van der Waals surface area contributed by atoms with E-state index in [2.05, 4.69) is 11.0 Å². The van der Waals surface area contributed by atoms with Gasteiger partial charge in [-0.25, -0.2) is 9.97 Å². The molecule has 140 valence electrons. The maximum absolute atomic E-state index is 10.3. The minimum Gasteiger partial charge on any atom is -0.507 e. The second kappa shape index (κ2) is 7.50. The highest BCUT2D eigenvalue weighted by Gasteiger charge is 2.20. The predicted molar refractivity (Wildman–Crippen MR) is 105 cm³/mol. The Balaban J connectivity index is 1.78. The van der Waals surface area contributed by atoms with E-state index in [1.807, 2.05) is 38.2 Å². The standard InChI is InChI=1S/C21H23N3O3/c1-14-7-8-16-18(11-14)22-20(17-5-3-4-6-19(17)25)23-21(16)24(2)12-15-13-26-9-10-27-15/h3-8,11,15,25H,9-10,12-13H2,1-2H3. The first-order valence-electron chi connectivity index (χ1n) is 9.09. The van der Waals surface area contributed by atoms with Gasteiger partial charge in [-0.3, -0.25) is 0 Å². The molecule has 1 aliphatic rings. The largest absolute Gasteiger partial charge is 0.507 e. The van der Waals surface area contributed by atoms with Crippen LogP contribution in [0.2, 0.25) is 0 Å². The summed E-state index contributed by atoms with van der Waals surface area (Å²) in [5, 5.41) is 11.2. The van der Waals surface area contributed by atoms with Gasteiger partial charge in [0.15, 0.2) is 5.82 Å². The lowest BCUT2D eigenvalue weighted by molar-refractivity contribution is -0.0837. The maximum atomic E-state index is 10.3. The Morgan fingerprint density at radius 3 is 2.78 bits per heavy atom. The number of nitrogens with zero attached hydrogens (tertiary/aromatic N) is 3. The molecule has 0 radical (unpaired) electrons. The highest BCUT2D eigenvalue weighted by Crippen LogP contribution is 2.31. The molecule has 3 aromatic rings. The lowest BCUT2D eigenvalue weighted by atomic mass is 10.1. The summed E-state index contributed by atoms with van der Waals surface area (Å²) >= 11 is 0. The van der Waals surface area contributed by atoms with E-state index in [1.165, 1.54) is 0 Å². The van der Waals surface area contributed by atoms with Crippen molar-refractivity contribution in [2.45, 2.75) is 13.0 Å². The third kappa shape index (κ3) is 3.72. The van der Waals surface area contributed by atoms with E-state index in [0.717, 1.165) is 22.3 Å². The van der Waals surface area contributed by atoms with Gasteiger partial charge in [-0.2, -0.15) is 0 Å². The van der Waals surface area contributed by atoms with E-state index in [-0.39, 0.29) is 11.9 Å². The molecule has 2 heterocycles. The smallest absolute Gasteiger partial charge is 0.165 e. The number of hydrogen-bond donors (Lipinski definition) is 1. The van der Waals surface area contributed by atoms with Crippen molar-refractivity contribution in [1.29, 1.82) is 0 Å². The van der Waals surface area contributed by atoms with E-state index in [9.17, 15) is 5.11 Å². The Bertz CT molecular complexity index is 955. The second-order valence-electron chi connectivity index (χ2n) is 6.86. The van der Waals surface area contributed by atoms with Crippen LogP contribution in [0.1, 0.15) is 5.56 Å². The zero-order valence-electron chi connectivity index (χ0n) is 15.6. The third-order valence-corrected chi connectivity index (χ3v) is 4.70. The fourth-order valence-corrected chi connectivity index (χ4v) is 3.33.